The first-order valence-corrected chi connectivity index (χ1v) is 6.83. The van der Waals surface area contributed by atoms with Crippen LogP contribution in [0.15, 0.2) is 29.2 Å². The smallest absolute Gasteiger partial charge is 0.362 e. The van der Waals surface area contributed by atoms with Gasteiger partial charge in [-0.1, -0.05) is 24.6 Å². The molecule has 0 fully saturated rings. The maximum atomic E-state index is 12.1. The number of nitrogens with zero attached hydrogens (tertiary/aromatic N) is 2. The summed E-state index contributed by atoms with van der Waals surface area (Å²) in [4.78, 5) is 23.8. The number of aromatic nitrogens is 2. The fourth-order valence-electron chi connectivity index (χ4n) is 1.88. The van der Waals surface area contributed by atoms with E-state index in [1.165, 1.54) is 11.8 Å². The van der Waals surface area contributed by atoms with E-state index in [9.17, 15) is 9.59 Å². The number of hydrogen-bond donors (Lipinski definition) is 0. The Morgan fingerprint density at radius 2 is 2.14 bits per heavy atom. The lowest BCUT2D eigenvalue weighted by Crippen LogP contribution is -2.25. The number of carbonyl (C=O) groups is 1. The topological polar surface area (TPSA) is 61.2 Å². The number of benzene rings is 1. The molecule has 1 aromatic carbocycles. The lowest BCUT2D eigenvalue weighted by Gasteiger charge is -2.10. The molecule has 0 radical (unpaired) electrons. The van der Waals surface area contributed by atoms with Gasteiger partial charge in [0.05, 0.1) is 12.8 Å². The first kappa shape index (κ1) is 15.3. The van der Waals surface area contributed by atoms with Crippen LogP contribution in [-0.4, -0.2) is 22.9 Å². The van der Waals surface area contributed by atoms with Crippen molar-refractivity contribution < 1.29 is 9.53 Å². The molecule has 0 unspecified atom stereocenters. The van der Waals surface area contributed by atoms with Crippen molar-refractivity contribution in [3.63, 3.8) is 0 Å². The highest BCUT2D eigenvalue weighted by molar-refractivity contribution is 6.31. The van der Waals surface area contributed by atoms with Crippen LogP contribution in [0.25, 0.3) is 5.69 Å². The Labute approximate surface area is 127 Å². The van der Waals surface area contributed by atoms with Gasteiger partial charge in [-0.25, -0.2) is 9.48 Å². The molecule has 0 saturated heterocycles. The molecule has 110 valence electrons. The number of aryl methyl sites for hydroxylation is 2. The molecule has 0 aliphatic heterocycles. The minimum Gasteiger partial charge on any atom is -0.464 e. The van der Waals surface area contributed by atoms with Gasteiger partial charge in [0.1, 0.15) is 0 Å². The summed E-state index contributed by atoms with van der Waals surface area (Å²) in [6, 6.07) is 5.40. The number of halogens is 1. The van der Waals surface area contributed by atoms with E-state index in [1.807, 2.05) is 26.0 Å². The predicted octanol–water partition coefficient (Wildman–Crippen LogP) is 2.54. The van der Waals surface area contributed by atoms with Crippen molar-refractivity contribution >= 4 is 17.6 Å². The Hall–Kier alpha value is -2.14. The summed E-state index contributed by atoms with van der Waals surface area (Å²) in [7, 11) is 1.22. The van der Waals surface area contributed by atoms with Crippen LogP contribution in [0, 0.1) is 6.92 Å². The fourth-order valence-corrected chi connectivity index (χ4v) is 2.05. The van der Waals surface area contributed by atoms with Gasteiger partial charge >= 0.3 is 5.97 Å². The summed E-state index contributed by atoms with van der Waals surface area (Å²) < 4.78 is 6.08. The van der Waals surface area contributed by atoms with Crippen molar-refractivity contribution in [1.29, 1.82) is 0 Å². The first-order valence-electron chi connectivity index (χ1n) is 6.45. The third-order valence-electron chi connectivity index (χ3n) is 3.17. The predicted molar refractivity (Wildman–Crippen MR) is 80.3 cm³/mol. The highest BCUT2D eigenvalue weighted by Gasteiger charge is 2.17. The number of rotatable bonds is 3. The maximum absolute atomic E-state index is 12.1. The van der Waals surface area contributed by atoms with E-state index in [0.29, 0.717) is 22.7 Å². The average Bonchev–Trinajstić information content (AvgIpc) is 2.49. The zero-order valence-corrected chi connectivity index (χ0v) is 12.8. The van der Waals surface area contributed by atoms with E-state index < -0.39 is 11.4 Å². The van der Waals surface area contributed by atoms with Crippen LogP contribution in [0.1, 0.15) is 28.5 Å². The summed E-state index contributed by atoms with van der Waals surface area (Å²) >= 11 is 6.10. The van der Waals surface area contributed by atoms with Gasteiger partial charge in [0.2, 0.25) is 11.1 Å². The lowest BCUT2D eigenvalue weighted by atomic mass is 10.2. The van der Waals surface area contributed by atoms with E-state index in [2.05, 4.69) is 9.84 Å². The minimum absolute atomic E-state index is 0.228. The number of carbonyl (C=O) groups excluding carboxylic acids is 1. The molecule has 0 amide bonds. The summed E-state index contributed by atoms with van der Waals surface area (Å²) in [6.45, 7) is 3.73. The number of esters is 1. The molecule has 0 atom stereocenters. The molecule has 0 bridgehead atoms. The zero-order chi connectivity index (χ0) is 15.6. The summed E-state index contributed by atoms with van der Waals surface area (Å²) in [6.07, 6.45) is 2.10. The maximum Gasteiger partial charge on any atom is 0.362 e. The normalized spacial score (nSPS) is 10.5. The molecule has 0 aliphatic carbocycles. The second kappa shape index (κ2) is 6.10. The first-order chi connectivity index (χ1) is 9.97. The van der Waals surface area contributed by atoms with Crippen molar-refractivity contribution in [3.8, 4) is 5.69 Å². The summed E-state index contributed by atoms with van der Waals surface area (Å²) in [5, 5.41) is 4.65. The molecule has 2 aromatic rings. The van der Waals surface area contributed by atoms with Gasteiger partial charge in [-0.15, -0.1) is 0 Å². The SMILES string of the molecule is CCc1cn(-c2ccc(C)c(Cl)c2)nc(C(=O)OC)c1=O. The summed E-state index contributed by atoms with van der Waals surface area (Å²) in [5.74, 6) is -0.748. The van der Waals surface area contributed by atoms with Crippen LogP contribution in [0.4, 0.5) is 0 Å². The van der Waals surface area contributed by atoms with E-state index in [-0.39, 0.29) is 5.69 Å². The molecule has 0 aliphatic rings. The number of ether oxygens (including phenoxy) is 1. The second-order valence-corrected chi connectivity index (χ2v) is 4.96. The Balaban J connectivity index is 2.66. The summed E-state index contributed by atoms with van der Waals surface area (Å²) in [5.41, 5.74) is 1.46. The van der Waals surface area contributed by atoms with Crippen molar-refractivity contribution in [2.75, 3.05) is 7.11 Å². The molecule has 6 heteroatoms. The van der Waals surface area contributed by atoms with Crippen LogP contribution in [-0.2, 0) is 11.2 Å². The van der Waals surface area contributed by atoms with E-state index in [1.54, 1.807) is 12.3 Å². The molecule has 1 aromatic heterocycles. The second-order valence-electron chi connectivity index (χ2n) is 4.56. The molecular formula is C15H15ClN2O3. The fraction of sp³-hybridized carbons (Fsp3) is 0.267. The number of hydrogen-bond acceptors (Lipinski definition) is 4. The molecule has 0 saturated carbocycles. The van der Waals surface area contributed by atoms with Gasteiger partial charge in [0, 0.05) is 16.8 Å². The van der Waals surface area contributed by atoms with Gasteiger partial charge in [-0.05, 0) is 31.0 Å². The Morgan fingerprint density at radius 1 is 1.43 bits per heavy atom. The van der Waals surface area contributed by atoms with Gasteiger partial charge < -0.3 is 4.74 Å². The van der Waals surface area contributed by atoms with Crippen molar-refractivity contribution in [2.45, 2.75) is 20.3 Å². The van der Waals surface area contributed by atoms with Crippen molar-refractivity contribution in [1.82, 2.24) is 9.78 Å². The third kappa shape index (κ3) is 2.97. The van der Waals surface area contributed by atoms with Crippen LogP contribution in [0.5, 0.6) is 0 Å². The van der Waals surface area contributed by atoms with Gasteiger partial charge in [-0.2, -0.15) is 5.10 Å². The third-order valence-corrected chi connectivity index (χ3v) is 3.58. The molecule has 1 heterocycles. The average molecular weight is 307 g/mol. The zero-order valence-electron chi connectivity index (χ0n) is 12.0. The Bertz CT molecular complexity index is 753. The van der Waals surface area contributed by atoms with E-state index in [4.69, 9.17) is 11.6 Å². The molecule has 0 N–H and O–H groups in total. The van der Waals surface area contributed by atoms with E-state index >= 15 is 0 Å². The molecule has 21 heavy (non-hydrogen) atoms. The van der Waals surface area contributed by atoms with Gasteiger partial charge in [-0.3, -0.25) is 4.79 Å². The minimum atomic E-state index is -0.748. The quantitative estimate of drug-likeness (QED) is 0.818. The Morgan fingerprint density at radius 3 is 2.71 bits per heavy atom. The molecule has 5 nitrogen and oxygen atoms in total. The van der Waals surface area contributed by atoms with Crippen LogP contribution in [0.2, 0.25) is 5.02 Å². The van der Waals surface area contributed by atoms with Crippen molar-refractivity contribution in [2.24, 2.45) is 0 Å². The number of methoxy groups -OCH3 is 1. The van der Waals surface area contributed by atoms with Crippen molar-refractivity contribution in [3.05, 3.63) is 56.5 Å². The monoisotopic (exact) mass is 306 g/mol. The van der Waals surface area contributed by atoms with E-state index in [0.717, 1.165) is 5.56 Å². The molecule has 2 rings (SSSR count). The Kier molecular flexibility index (Phi) is 4.43. The van der Waals surface area contributed by atoms with Crippen LogP contribution < -0.4 is 5.43 Å². The molecular weight excluding hydrogens is 292 g/mol. The highest BCUT2D eigenvalue weighted by atomic mass is 35.5. The van der Waals surface area contributed by atoms with Crippen LogP contribution in [0.3, 0.4) is 0 Å². The van der Waals surface area contributed by atoms with Crippen LogP contribution >= 0.6 is 11.6 Å². The highest BCUT2D eigenvalue weighted by Crippen LogP contribution is 2.19. The van der Waals surface area contributed by atoms with Gasteiger partial charge in [0.15, 0.2) is 0 Å². The molecule has 0 spiro atoms. The largest absolute Gasteiger partial charge is 0.464 e. The lowest BCUT2D eigenvalue weighted by molar-refractivity contribution is 0.0590. The standard InChI is InChI=1S/C15H15ClN2O3/c1-4-10-8-18(11-6-5-9(2)12(16)7-11)17-13(14(10)19)15(20)21-3/h5-8H,4H2,1-3H3. The van der Waals surface area contributed by atoms with Gasteiger partial charge in [0.25, 0.3) is 0 Å².